The van der Waals surface area contributed by atoms with Crippen molar-refractivity contribution in [3.05, 3.63) is 97.8 Å². The number of hydrogen-bond donors (Lipinski definition) is 1. The Morgan fingerprint density at radius 3 is 2.42 bits per heavy atom. The van der Waals surface area contributed by atoms with Gasteiger partial charge in [-0.25, -0.2) is 8.78 Å². The number of anilines is 1. The van der Waals surface area contributed by atoms with Gasteiger partial charge in [0.1, 0.15) is 17.2 Å². The van der Waals surface area contributed by atoms with Gasteiger partial charge in [-0.3, -0.25) is 14.5 Å². The van der Waals surface area contributed by atoms with Crippen LogP contribution in [0.4, 0.5) is 14.5 Å². The first-order valence-corrected chi connectivity index (χ1v) is 10.5. The molecule has 6 nitrogen and oxygen atoms in total. The Hall–Kier alpha value is -3.72. The molecule has 1 unspecified atom stereocenters. The standard InChI is InChI=1S/C24H14BrF2NO5/c1-32-18-9-11(8-16(25)22(18)30)20-19-21(29)15-10-13(27)4-7-17(15)33-23(19)24(31)28(20)14-5-2-12(26)3-6-14/h2-10,20,30H,1H3. The third-order valence-corrected chi connectivity index (χ3v) is 6.13. The molecule has 5 rings (SSSR count). The number of ether oxygens (including phenoxy) is 1. The van der Waals surface area contributed by atoms with E-state index in [0.717, 1.165) is 12.1 Å². The van der Waals surface area contributed by atoms with Gasteiger partial charge in [-0.2, -0.15) is 0 Å². The Labute approximate surface area is 193 Å². The summed E-state index contributed by atoms with van der Waals surface area (Å²) >= 11 is 3.26. The van der Waals surface area contributed by atoms with E-state index in [1.54, 1.807) is 0 Å². The third-order valence-electron chi connectivity index (χ3n) is 5.52. The number of carbonyl (C=O) groups excluding carboxylic acids is 1. The molecule has 0 radical (unpaired) electrons. The molecule has 1 aromatic heterocycles. The van der Waals surface area contributed by atoms with Crippen LogP contribution in [0.5, 0.6) is 11.5 Å². The van der Waals surface area contributed by atoms with E-state index in [1.807, 2.05) is 0 Å². The van der Waals surface area contributed by atoms with Gasteiger partial charge in [-0.05, 0) is 76.1 Å². The minimum absolute atomic E-state index is 0.00191. The summed E-state index contributed by atoms with van der Waals surface area (Å²) in [5, 5.41) is 10.2. The van der Waals surface area contributed by atoms with Crippen LogP contribution < -0.4 is 15.1 Å². The molecule has 1 aliphatic rings. The number of amides is 1. The van der Waals surface area contributed by atoms with Gasteiger partial charge in [-0.15, -0.1) is 0 Å². The molecule has 1 atom stereocenters. The zero-order valence-corrected chi connectivity index (χ0v) is 18.5. The van der Waals surface area contributed by atoms with Gasteiger partial charge in [0, 0.05) is 5.69 Å². The van der Waals surface area contributed by atoms with E-state index in [4.69, 9.17) is 9.15 Å². The Bertz CT molecular complexity index is 1500. The second-order valence-corrected chi connectivity index (χ2v) is 8.28. The molecule has 0 saturated heterocycles. The fourth-order valence-corrected chi connectivity index (χ4v) is 4.50. The third kappa shape index (κ3) is 3.27. The van der Waals surface area contributed by atoms with Crippen LogP contribution in [0.3, 0.4) is 0 Å². The van der Waals surface area contributed by atoms with E-state index in [0.29, 0.717) is 11.3 Å². The Morgan fingerprint density at radius 1 is 1.03 bits per heavy atom. The quantitative estimate of drug-likeness (QED) is 0.402. The Morgan fingerprint density at radius 2 is 1.73 bits per heavy atom. The average Bonchev–Trinajstić information content (AvgIpc) is 3.09. The molecule has 0 spiro atoms. The number of methoxy groups -OCH3 is 1. The monoisotopic (exact) mass is 513 g/mol. The molecule has 0 saturated carbocycles. The van der Waals surface area contributed by atoms with Crippen LogP contribution in [-0.2, 0) is 0 Å². The number of phenols is 1. The number of rotatable bonds is 3. The van der Waals surface area contributed by atoms with Crippen molar-refractivity contribution in [3.63, 3.8) is 0 Å². The molecule has 0 bridgehead atoms. The first-order chi connectivity index (χ1) is 15.8. The molecule has 0 aliphatic carbocycles. The highest BCUT2D eigenvalue weighted by Crippen LogP contribution is 2.45. The highest BCUT2D eigenvalue weighted by Gasteiger charge is 2.44. The molecule has 2 heterocycles. The van der Waals surface area contributed by atoms with Gasteiger partial charge >= 0.3 is 0 Å². The summed E-state index contributed by atoms with van der Waals surface area (Å²) in [4.78, 5) is 28.2. The minimum Gasteiger partial charge on any atom is -0.503 e. The summed E-state index contributed by atoms with van der Waals surface area (Å²) < 4.78 is 38.7. The Balaban J connectivity index is 1.84. The summed E-state index contributed by atoms with van der Waals surface area (Å²) in [6.45, 7) is 0. The van der Waals surface area contributed by atoms with Crippen LogP contribution >= 0.6 is 15.9 Å². The first kappa shape index (κ1) is 21.1. The van der Waals surface area contributed by atoms with Crippen molar-refractivity contribution < 1.29 is 27.8 Å². The van der Waals surface area contributed by atoms with Crippen molar-refractivity contribution in [2.45, 2.75) is 6.04 Å². The van der Waals surface area contributed by atoms with Gasteiger partial charge < -0.3 is 14.3 Å². The van der Waals surface area contributed by atoms with Crippen molar-refractivity contribution in [1.82, 2.24) is 0 Å². The summed E-state index contributed by atoms with van der Waals surface area (Å²) in [5.74, 6) is -1.99. The SMILES string of the molecule is COc1cc(C2c3c(oc4ccc(F)cc4c3=O)C(=O)N2c2ccc(F)cc2)cc(Br)c1O. The van der Waals surface area contributed by atoms with Crippen LogP contribution in [0, 0.1) is 11.6 Å². The van der Waals surface area contributed by atoms with Crippen molar-refractivity contribution in [2.75, 3.05) is 12.0 Å². The number of benzene rings is 3. The minimum atomic E-state index is -1.01. The summed E-state index contributed by atoms with van der Waals surface area (Å²) in [7, 11) is 1.36. The zero-order valence-electron chi connectivity index (χ0n) is 16.9. The topological polar surface area (TPSA) is 80.0 Å². The molecular weight excluding hydrogens is 500 g/mol. The van der Waals surface area contributed by atoms with E-state index in [2.05, 4.69) is 15.9 Å². The highest BCUT2D eigenvalue weighted by atomic mass is 79.9. The maximum absolute atomic E-state index is 13.9. The average molecular weight is 514 g/mol. The van der Waals surface area contributed by atoms with Crippen LogP contribution in [0.2, 0.25) is 0 Å². The molecule has 1 amide bonds. The van der Waals surface area contributed by atoms with Crippen molar-refractivity contribution in [1.29, 1.82) is 0 Å². The number of aromatic hydroxyl groups is 1. The summed E-state index contributed by atoms with van der Waals surface area (Å²) in [6, 6.07) is 10.7. The number of phenolic OH excluding ortho intramolecular Hbond substituents is 1. The van der Waals surface area contributed by atoms with Crippen molar-refractivity contribution >= 4 is 38.5 Å². The molecule has 33 heavy (non-hydrogen) atoms. The van der Waals surface area contributed by atoms with Gasteiger partial charge in [0.25, 0.3) is 5.91 Å². The van der Waals surface area contributed by atoms with Gasteiger partial charge in [0.15, 0.2) is 16.9 Å². The summed E-state index contributed by atoms with van der Waals surface area (Å²) in [5.41, 5.74) is 0.225. The molecule has 3 aromatic carbocycles. The van der Waals surface area contributed by atoms with Crippen LogP contribution in [0.15, 0.2) is 68.3 Å². The lowest BCUT2D eigenvalue weighted by Gasteiger charge is -2.26. The second-order valence-electron chi connectivity index (χ2n) is 7.42. The number of fused-ring (bicyclic) bond motifs is 2. The van der Waals surface area contributed by atoms with Crippen molar-refractivity contribution in [2.24, 2.45) is 0 Å². The zero-order chi connectivity index (χ0) is 23.4. The van der Waals surface area contributed by atoms with Gasteiger partial charge in [0.2, 0.25) is 5.76 Å². The fourth-order valence-electron chi connectivity index (χ4n) is 4.04. The predicted octanol–water partition coefficient (Wildman–Crippen LogP) is 5.30. The van der Waals surface area contributed by atoms with Crippen LogP contribution in [0.25, 0.3) is 11.0 Å². The molecule has 4 aromatic rings. The van der Waals surface area contributed by atoms with E-state index >= 15 is 0 Å². The van der Waals surface area contributed by atoms with E-state index in [-0.39, 0.29) is 38.3 Å². The largest absolute Gasteiger partial charge is 0.503 e. The van der Waals surface area contributed by atoms with E-state index in [1.165, 1.54) is 54.5 Å². The molecule has 1 N–H and O–H groups in total. The molecule has 166 valence electrons. The lowest BCUT2D eigenvalue weighted by molar-refractivity contribution is 0.0971. The predicted molar refractivity (Wildman–Crippen MR) is 120 cm³/mol. The fraction of sp³-hybridized carbons (Fsp3) is 0.0833. The van der Waals surface area contributed by atoms with Crippen molar-refractivity contribution in [3.8, 4) is 11.5 Å². The number of halogens is 3. The molecular formula is C24H14BrF2NO5. The van der Waals surface area contributed by atoms with Gasteiger partial charge in [-0.1, -0.05) is 0 Å². The van der Waals surface area contributed by atoms with Crippen LogP contribution in [0.1, 0.15) is 27.7 Å². The first-order valence-electron chi connectivity index (χ1n) is 9.72. The second kappa shape index (κ2) is 7.70. The number of hydrogen-bond acceptors (Lipinski definition) is 5. The molecule has 9 heteroatoms. The van der Waals surface area contributed by atoms with E-state index < -0.39 is 29.0 Å². The molecule has 0 fully saturated rings. The van der Waals surface area contributed by atoms with Gasteiger partial charge in [0.05, 0.1) is 28.6 Å². The lowest BCUT2D eigenvalue weighted by Crippen LogP contribution is -2.29. The van der Waals surface area contributed by atoms with Crippen LogP contribution in [-0.4, -0.2) is 18.1 Å². The molecule has 1 aliphatic heterocycles. The highest BCUT2D eigenvalue weighted by molar-refractivity contribution is 9.10. The summed E-state index contributed by atoms with van der Waals surface area (Å²) in [6.07, 6.45) is 0. The maximum Gasteiger partial charge on any atom is 0.295 e. The smallest absolute Gasteiger partial charge is 0.295 e. The van der Waals surface area contributed by atoms with E-state index in [9.17, 15) is 23.5 Å². The normalized spacial score (nSPS) is 15.2. The maximum atomic E-state index is 13.9. The number of carbonyl (C=O) groups is 1. The number of nitrogens with zero attached hydrogens (tertiary/aromatic N) is 1. The Kier molecular flexibility index (Phi) is 4.93. The lowest BCUT2D eigenvalue weighted by atomic mass is 9.97.